The van der Waals surface area contributed by atoms with Gasteiger partial charge in [-0.3, -0.25) is 9.69 Å². The Morgan fingerprint density at radius 3 is 2.33 bits per heavy atom. The summed E-state index contributed by atoms with van der Waals surface area (Å²) in [5.41, 5.74) is 4.90. The van der Waals surface area contributed by atoms with Gasteiger partial charge in [-0.25, -0.2) is 8.42 Å². The monoisotopic (exact) mass is 194 g/mol. The molecule has 0 unspecified atom stereocenters. The van der Waals surface area contributed by atoms with E-state index in [-0.39, 0.29) is 12.3 Å². The summed E-state index contributed by atoms with van der Waals surface area (Å²) >= 11 is 0. The second-order valence-electron chi connectivity index (χ2n) is 2.83. The summed E-state index contributed by atoms with van der Waals surface area (Å²) in [6.07, 6.45) is 1.16. The van der Waals surface area contributed by atoms with Gasteiger partial charge in [-0.05, 0) is 7.05 Å². The van der Waals surface area contributed by atoms with Crippen molar-refractivity contribution in [3.05, 3.63) is 0 Å². The van der Waals surface area contributed by atoms with Crippen LogP contribution in [0, 0.1) is 0 Å². The number of carbonyl (C=O) groups is 1. The van der Waals surface area contributed by atoms with Gasteiger partial charge in [0.1, 0.15) is 9.84 Å². The van der Waals surface area contributed by atoms with E-state index in [0.29, 0.717) is 6.54 Å². The quantitative estimate of drug-likeness (QED) is 0.574. The van der Waals surface area contributed by atoms with Gasteiger partial charge >= 0.3 is 0 Å². The van der Waals surface area contributed by atoms with Crippen LogP contribution < -0.4 is 5.73 Å². The Labute approximate surface area is 72.5 Å². The number of hydrogen-bond donors (Lipinski definition) is 1. The summed E-state index contributed by atoms with van der Waals surface area (Å²) in [5.74, 6) is -0.400. The Balaban J connectivity index is 3.72. The van der Waals surface area contributed by atoms with Crippen LogP contribution in [0.2, 0.25) is 0 Å². The number of hydrogen-bond acceptors (Lipinski definition) is 4. The summed E-state index contributed by atoms with van der Waals surface area (Å²) in [4.78, 5) is 11.9. The van der Waals surface area contributed by atoms with Gasteiger partial charge in [0.2, 0.25) is 5.91 Å². The molecule has 0 rings (SSSR count). The molecule has 6 heteroatoms. The minimum atomic E-state index is -2.95. The summed E-state index contributed by atoms with van der Waals surface area (Å²) in [6.45, 7) is 0.428. The molecule has 0 aliphatic heterocycles. The third-order valence-corrected chi connectivity index (χ3v) is 2.19. The first-order valence-corrected chi connectivity index (χ1v) is 5.52. The normalized spacial score (nSPS) is 11.9. The van der Waals surface area contributed by atoms with E-state index < -0.39 is 15.7 Å². The highest BCUT2D eigenvalue weighted by Crippen LogP contribution is 1.86. The SMILES string of the molecule is CN(CCS(C)(=O)=O)CC(N)=O. The maximum Gasteiger partial charge on any atom is 0.231 e. The molecule has 0 atom stereocenters. The van der Waals surface area contributed by atoms with Gasteiger partial charge in [0.15, 0.2) is 0 Å². The largest absolute Gasteiger partial charge is 0.369 e. The van der Waals surface area contributed by atoms with Crippen LogP contribution in [-0.2, 0) is 14.6 Å². The van der Waals surface area contributed by atoms with Crippen LogP contribution in [0.3, 0.4) is 0 Å². The number of likely N-dealkylation sites (N-methyl/N-ethyl adjacent to an activating group) is 1. The molecule has 0 bridgehead atoms. The molecule has 12 heavy (non-hydrogen) atoms. The molecule has 2 N–H and O–H groups in total. The lowest BCUT2D eigenvalue weighted by molar-refractivity contribution is -0.118. The lowest BCUT2D eigenvalue weighted by Crippen LogP contribution is -2.33. The molecule has 0 spiro atoms. The number of carbonyl (C=O) groups excluding carboxylic acids is 1. The Morgan fingerprint density at radius 2 is 2.00 bits per heavy atom. The van der Waals surface area contributed by atoms with Crippen molar-refractivity contribution in [3.63, 3.8) is 0 Å². The topological polar surface area (TPSA) is 80.5 Å². The second kappa shape index (κ2) is 4.42. The number of nitrogens with two attached hydrogens (primary N) is 1. The number of amides is 1. The van der Waals surface area contributed by atoms with Gasteiger partial charge in [0, 0.05) is 12.8 Å². The fourth-order valence-corrected chi connectivity index (χ4v) is 1.31. The fourth-order valence-electron chi connectivity index (χ4n) is 0.667. The highest BCUT2D eigenvalue weighted by Gasteiger charge is 2.06. The minimum absolute atomic E-state index is 0.0524. The van der Waals surface area contributed by atoms with Crippen molar-refractivity contribution in [3.8, 4) is 0 Å². The lowest BCUT2D eigenvalue weighted by Gasteiger charge is -2.12. The molecule has 0 saturated heterocycles. The Morgan fingerprint density at radius 1 is 1.50 bits per heavy atom. The van der Waals surface area contributed by atoms with E-state index in [1.54, 1.807) is 11.9 Å². The van der Waals surface area contributed by atoms with Gasteiger partial charge in [0.05, 0.1) is 12.3 Å². The van der Waals surface area contributed by atoms with Crippen molar-refractivity contribution in [2.75, 3.05) is 32.1 Å². The number of rotatable bonds is 5. The van der Waals surface area contributed by atoms with Gasteiger partial charge in [-0.2, -0.15) is 0 Å². The summed E-state index contributed by atoms with van der Waals surface area (Å²) in [6, 6.07) is 0. The van der Waals surface area contributed by atoms with Crippen molar-refractivity contribution in [2.24, 2.45) is 5.73 Å². The molecule has 5 nitrogen and oxygen atoms in total. The Kier molecular flexibility index (Phi) is 4.19. The van der Waals surface area contributed by atoms with E-state index in [0.717, 1.165) is 6.26 Å². The van der Waals surface area contributed by atoms with Crippen molar-refractivity contribution in [2.45, 2.75) is 0 Å². The predicted molar refractivity (Wildman–Crippen MR) is 46.4 cm³/mol. The van der Waals surface area contributed by atoms with Gasteiger partial charge in [-0.1, -0.05) is 0 Å². The molecule has 0 aromatic rings. The zero-order valence-electron chi connectivity index (χ0n) is 7.28. The molecule has 72 valence electrons. The van der Waals surface area contributed by atoms with E-state index in [9.17, 15) is 13.2 Å². The highest BCUT2D eigenvalue weighted by atomic mass is 32.2. The molecule has 0 radical (unpaired) electrons. The van der Waals surface area contributed by atoms with Crippen molar-refractivity contribution >= 4 is 15.7 Å². The smallest absolute Gasteiger partial charge is 0.231 e. The third-order valence-electron chi connectivity index (χ3n) is 1.27. The maximum absolute atomic E-state index is 10.7. The van der Waals surface area contributed by atoms with E-state index in [1.807, 2.05) is 0 Å². The molecule has 0 aromatic carbocycles. The van der Waals surface area contributed by atoms with Crippen LogP contribution in [0.5, 0.6) is 0 Å². The minimum Gasteiger partial charge on any atom is -0.369 e. The van der Waals surface area contributed by atoms with Crippen LogP contribution in [0.25, 0.3) is 0 Å². The average molecular weight is 194 g/mol. The van der Waals surface area contributed by atoms with Crippen molar-refractivity contribution in [1.82, 2.24) is 4.90 Å². The average Bonchev–Trinajstić information content (AvgIpc) is 1.80. The zero-order chi connectivity index (χ0) is 9.78. The van der Waals surface area contributed by atoms with Crippen LogP contribution in [0.15, 0.2) is 0 Å². The van der Waals surface area contributed by atoms with Crippen LogP contribution in [0.4, 0.5) is 0 Å². The standard InChI is InChI=1S/C6H14N2O3S/c1-8(5-6(7)9)3-4-12(2,10)11/h3-5H2,1-2H3,(H2,7,9). The van der Waals surface area contributed by atoms with Gasteiger partial charge in [-0.15, -0.1) is 0 Å². The van der Waals surface area contributed by atoms with Crippen LogP contribution in [0.1, 0.15) is 0 Å². The fraction of sp³-hybridized carbons (Fsp3) is 0.833. The Bertz CT molecular complexity index is 248. The second-order valence-corrected chi connectivity index (χ2v) is 5.09. The van der Waals surface area contributed by atoms with E-state index in [1.165, 1.54) is 0 Å². The highest BCUT2D eigenvalue weighted by molar-refractivity contribution is 7.90. The molecule has 0 aromatic heterocycles. The lowest BCUT2D eigenvalue weighted by atomic mass is 10.5. The maximum atomic E-state index is 10.7. The molecule has 0 fully saturated rings. The first-order valence-electron chi connectivity index (χ1n) is 3.46. The first-order chi connectivity index (χ1) is 5.31. The van der Waals surface area contributed by atoms with E-state index >= 15 is 0 Å². The summed E-state index contributed by atoms with van der Waals surface area (Å²) in [5, 5.41) is 0. The molecule has 0 saturated carbocycles. The molecule has 0 aliphatic carbocycles. The van der Waals surface area contributed by atoms with Crippen molar-refractivity contribution in [1.29, 1.82) is 0 Å². The predicted octanol–water partition coefficient (Wildman–Crippen LogP) is -1.55. The number of sulfone groups is 1. The van der Waals surface area contributed by atoms with E-state index in [4.69, 9.17) is 5.73 Å². The van der Waals surface area contributed by atoms with Gasteiger partial charge < -0.3 is 5.73 Å². The molecule has 0 aliphatic rings. The van der Waals surface area contributed by atoms with Gasteiger partial charge in [0.25, 0.3) is 0 Å². The Hall–Kier alpha value is -0.620. The van der Waals surface area contributed by atoms with Crippen molar-refractivity contribution < 1.29 is 13.2 Å². The molecule has 0 heterocycles. The zero-order valence-corrected chi connectivity index (χ0v) is 8.10. The molecular formula is C6H14N2O3S. The number of primary amides is 1. The van der Waals surface area contributed by atoms with Crippen LogP contribution in [-0.4, -0.2) is 51.4 Å². The summed E-state index contributed by atoms with van der Waals surface area (Å²) in [7, 11) is -1.30. The first kappa shape index (κ1) is 11.4. The summed E-state index contributed by atoms with van der Waals surface area (Å²) < 4.78 is 21.4. The third kappa shape index (κ3) is 7.49. The molecular weight excluding hydrogens is 180 g/mol. The molecule has 1 amide bonds. The van der Waals surface area contributed by atoms with E-state index in [2.05, 4.69) is 0 Å². The van der Waals surface area contributed by atoms with Crippen LogP contribution >= 0.6 is 0 Å². The number of nitrogens with zero attached hydrogens (tertiary/aromatic N) is 1.